The van der Waals surface area contributed by atoms with Gasteiger partial charge in [0.2, 0.25) is 5.91 Å². The van der Waals surface area contributed by atoms with Gasteiger partial charge < -0.3 is 20.1 Å². The van der Waals surface area contributed by atoms with Gasteiger partial charge in [-0.15, -0.1) is 0 Å². The fourth-order valence-electron chi connectivity index (χ4n) is 2.88. The zero-order valence-corrected chi connectivity index (χ0v) is 16.3. The molecule has 0 radical (unpaired) electrons. The molecule has 148 valence electrons. The molecule has 0 fully saturated rings. The summed E-state index contributed by atoms with van der Waals surface area (Å²) in [7, 11) is 3.15. The molecule has 0 spiro atoms. The Balaban J connectivity index is 1.72. The van der Waals surface area contributed by atoms with Crippen LogP contribution < -0.4 is 20.1 Å². The minimum atomic E-state index is -0.316. The molecular formula is C23H22N2O4. The topological polar surface area (TPSA) is 76.7 Å². The zero-order chi connectivity index (χ0) is 20.6. The third-order valence-electron chi connectivity index (χ3n) is 4.34. The maximum Gasteiger partial charge on any atom is 0.257 e. The molecule has 0 unspecified atom stereocenters. The van der Waals surface area contributed by atoms with Crippen molar-refractivity contribution in [2.75, 3.05) is 24.9 Å². The largest absolute Gasteiger partial charge is 0.497 e. The van der Waals surface area contributed by atoms with Crippen LogP contribution in [0.4, 0.5) is 11.4 Å². The fourth-order valence-corrected chi connectivity index (χ4v) is 2.88. The van der Waals surface area contributed by atoms with Crippen molar-refractivity contribution in [1.29, 1.82) is 0 Å². The van der Waals surface area contributed by atoms with E-state index in [9.17, 15) is 9.59 Å². The number of rotatable bonds is 7. The van der Waals surface area contributed by atoms with Crippen LogP contribution in [0.1, 0.15) is 15.9 Å². The minimum Gasteiger partial charge on any atom is -0.497 e. The van der Waals surface area contributed by atoms with Gasteiger partial charge in [-0.1, -0.05) is 30.3 Å². The summed E-state index contributed by atoms with van der Waals surface area (Å²) in [6.07, 6.45) is 0.137. The van der Waals surface area contributed by atoms with Crippen molar-refractivity contribution in [2.45, 2.75) is 6.42 Å². The predicted octanol–water partition coefficient (Wildman–Crippen LogP) is 4.14. The second-order valence-corrected chi connectivity index (χ2v) is 6.27. The van der Waals surface area contributed by atoms with E-state index in [1.807, 2.05) is 18.2 Å². The number of carbonyl (C=O) groups is 2. The van der Waals surface area contributed by atoms with Crippen LogP contribution in [-0.4, -0.2) is 26.0 Å². The second kappa shape index (κ2) is 9.41. The van der Waals surface area contributed by atoms with Gasteiger partial charge in [0.1, 0.15) is 11.5 Å². The van der Waals surface area contributed by atoms with Gasteiger partial charge in [0.25, 0.3) is 5.91 Å². The predicted molar refractivity (Wildman–Crippen MR) is 113 cm³/mol. The molecule has 3 rings (SSSR count). The average molecular weight is 390 g/mol. The van der Waals surface area contributed by atoms with Gasteiger partial charge >= 0.3 is 0 Å². The van der Waals surface area contributed by atoms with Crippen molar-refractivity contribution in [3.05, 3.63) is 83.9 Å². The van der Waals surface area contributed by atoms with Crippen molar-refractivity contribution in [3.8, 4) is 11.5 Å². The van der Waals surface area contributed by atoms with Crippen LogP contribution in [0.15, 0.2) is 72.8 Å². The van der Waals surface area contributed by atoms with Crippen molar-refractivity contribution >= 4 is 23.2 Å². The zero-order valence-electron chi connectivity index (χ0n) is 16.3. The van der Waals surface area contributed by atoms with Gasteiger partial charge in [0, 0.05) is 11.3 Å². The molecule has 6 nitrogen and oxygen atoms in total. The lowest BCUT2D eigenvalue weighted by atomic mass is 10.1. The molecule has 0 aliphatic rings. The summed E-state index contributed by atoms with van der Waals surface area (Å²) in [6, 6.07) is 21.2. The maximum absolute atomic E-state index is 12.7. The van der Waals surface area contributed by atoms with Crippen molar-refractivity contribution in [1.82, 2.24) is 0 Å². The molecule has 0 saturated heterocycles. The summed E-state index contributed by atoms with van der Waals surface area (Å²) in [5.74, 6) is 0.794. The van der Waals surface area contributed by atoms with E-state index in [0.29, 0.717) is 28.4 Å². The first-order valence-corrected chi connectivity index (χ1v) is 9.07. The maximum atomic E-state index is 12.7. The van der Waals surface area contributed by atoms with Gasteiger partial charge in [-0.05, 0) is 42.5 Å². The lowest BCUT2D eigenvalue weighted by Crippen LogP contribution is -2.19. The van der Waals surface area contributed by atoms with E-state index < -0.39 is 0 Å². The number of anilines is 2. The molecule has 0 aliphatic heterocycles. The van der Waals surface area contributed by atoms with Crippen LogP contribution in [0.5, 0.6) is 11.5 Å². The first-order chi connectivity index (χ1) is 14.1. The smallest absolute Gasteiger partial charge is 0.257 e. The minimum absolute atomic E-state index is 0.137. The standard InChI is InChI=1S/C23H22N2O4/c1-28-18-13-11-17(12-14-18)24-23(27)19-8-4-5-9-20(19)25-22(26)15-16-7-3-6-10-21(16)29-2/h3-14H,15H2,1-2H3,(H,24,27)(H,25,26). The SMILES string of the molecule is COc1ccc(NC(=O)c2ccccc2NC(=O)Cc2ccccc2OC)cc1. The van der Waals surface area contributed by atoms with Gasteiger partial charge in [0.15, 0.2) is 0 Å². The number of amides is 2. The summed E-state index contributed by atoms with van der Waals surface area (Å²) in [6.45, 7) is 0. The van der Waals surface area contributed by atoms with Gasteiger partial charge in [-0.3, -0.25) is 9.59 Å². The highest BCUT2D eigenvalue weighted by Gasteiger charge is 2.15. The van der Waals surface area contributed by atoms with E-state index in [-0.39, 0.29) is 18.2 Å². The van der Waals surface area contributed by atoms with E-state index in [4.69, 9.17) is 9.47 Å². The Morgan fingerprint density at radius 3 is 2.21 bits per heavy atom. The van der Waals surface area contributed by atoms with E-state index in [0.717, 1.165) is 5.56 Å². The molecule has 0 bridgehead atoms. The number of para-hydroxylation sites is 2. The average Bonchev–Trinajstić information content (AvgIpc) is 2.75. The summed E-state index contributed by atoms with van der Waals surface area (Å²) >= 11 is 0. The number of nitrogens with one attached hydrogen (secondary N) is 2. The van der Waals surface area contributed by atoms with Crippen molar-refractivity contribution < 1.29 is 19.1 Å². The van der Waals surface area contributed by atoms with Crippen LogP contribution >= 0.6 is 0 Å². The number of hydrogen-bond acceptors (Lipinski definition) is 4. The molecular weight excluding hydrogens is 368 g/mol. The second-order valence-electron chi connectivity index (χ2n) is 6.27. The van der Waals surface area contributed by atoms with Crippen LogP contribution in [0.3, 0.4) is 0 Å². The highest BCUT2D eigenvalue weighted by atomic mass is 16.5. The monoisotopic (exact) mass is 390 g/mol. The quantitative estimate of drug-likeness (QED) is 0.636. The van der Waals surface area contributed by atoms with Gasteiger partial charge in [-0.25, -0.2) is 0 Å². The normalized spacial score (nSPS) is 10.1. The first-order valence-electron chi connectivity index (χ1n) is 9.07. The van der Waals surface area contributed by atoms with E-state index in [1.165, 1.54) is 0 Å². The molecule has 2 amide bonds. The Hall–Kier alpha value is -3.80. The molecule has 3 aromatic carbocycles. The molecule has 6 heteroatoms. The molecule has 2 N–H and O–H groups in total. The van der Waals surface area contributed by atoms with Crippen molar-refractivity contribution in [3.63, 3.8) is 0 Å². The summed E-state index contributed by atoms with van der Waals surface area (Å²) in [4.78, 5) is 25.3. The number of methoxy groups -OCH3 is 2. The molecule has 0 saturated carbocycles. The third-order valence-corrected chi connectivity index (χ3v) is 4.34. The Bertz CT molecular complexity index is 1000. The van der Waals surface area contributed by atoms with Crippen LogP contribution in [0, 0.1) is 0 Å². The Labute approximate surface area is 169 Å². The number of benzene rings is 3. The third kappa shape index (κ3) is 5.13. The summed E-state index contributed by atoms with van der Waals surface area (Å²) in [5.41, 5.74) is 2.22. The van der Waals surface area contributed by atoms with Crippen LogP contribution in [0.25, 0.3) is 0 Å². The Kier molecular flexibility index (Phi) is 6.47. The lowest BCUT2D eigenvalue weighted by Gasteiger charge is -2.13. The molecule has 3 aromatic rings. The van der Waals surface area contributed by atoms with Crippen LogP contribution in [-0.2, 0) is 11.2 Å². The van der Waals surface area contributed by atoms with Gasteiger partial charge in [0.05, 0.1) is 31.9 Å². The number of hydrogen-bond donors (Lipinski definition) is 2. The fraction of sp³-hybridized carbons (Fsp3) is 0.130. The molecule has 29 heavy (non-hydrogen) atoms. The number of ether oxygens (including phenoxy) is 2. The highest BCUT2D eigenvalue weighted by molar-refractivity contribution is 6.10. The molecule has 0 atom stereocenters. The summed E-state index contributed by atoms with van der Waals surface area (Å²) in [5, 5.41) is 5.65. The molecule has 0 heterocycles. The Morgan fingerprint density at radius 1 is 0.793 bits per heavy atom. The molecule has 0 aromatic heterocycles. The van der Waals surface area contributed by atoms with Crippen LogP contribution in [0.2, 0.25) is 0 Å². The molecule has 0 aliphatic carbocycles. The van der Waals surface area contributed by atoms with E-state index in [2.05, 4.69) is 10.6 Å². The van der Waals surface area contributed by atoms with E-state index >= 15 is 0 Å². The first kappa shape index (κ1) is 19.9. The Morgan fingerprint density at radius 2 is 1.48 bits per heavy atom. The van der Waals surface area contributed by atoms with Crippen molar-refractivity contribution in [2.24, 2.45) is 0 Å². The lowest BCUT2D eigenvalue weighted by molar-refractivity contribution is -0.115. The van der Waals surface area contributed by atoms with E-state index in [1.54, 1.807) is 68.8 Å². The van der Waals surface area contributed by atoms with Gasteiger partial charge in [-0.2, -0.15) is 0 Å². The summed E-state index contributed by atoms with van der Waals surface area (Å²) < 4.78 is 10.4. The number of carbonyl (C=O) groups excluding carboxylic acids is 2. The highest BCUT2D eigenvalue weighted by Crippen LogP contribution is 2.21.